The molecule has 16 heavy (non-hydrogen) atoms. The highest BCUT2D eigenvalue weighted by Crippen LogP contribution is 2.18. The summed E-state index contributed by atoms with van der Waals surface area (Å²) < 4.78 is 6.80. The topological polar surface area (TPSA) is 12.5 Å². The van der Waals surface area contributed by atoms with E-state index in [2.05, 4.69) is 27.8 Å². The van der Waals surface area contributed by atoms with Gasteiger partial charge >= 0.3 is 0 Å². The Hall–Kier alpha value is -0.540. The Balaban J connectivity index is 1.73. The zero-order chi connectivity index (χ0) is 11.4. The molecule has 2 rings (SSSR count). The highest BCUT2D eigenvalue weighted by atomic mass is 79.9. The number of halogens is 1. The summed E-state index contributed by atoms with van der Waals surface area (Å²) in [6.07, 6.45) is 2.66. The van der Waals surface area contributed by atoms with Crippen LogP contribution < -0.4 is 4.74 Å². The molecule has 0 aromatic heterocycles. The van der Waals surface area contributed by atoms with Crippen LogP contribution in [0.5, 0.6) is 5.75 Å². The van der Waals surface area contributed by atoms with Crippen LogP contribution in [0.2, 0.25) is 0 Å². The van der Waals surface area contributed by atoms with Gasteiger partial charge in [-0.1, -0.05) is 15.9 Å². The number of ether oxygens (including phenoxy) is 1. The fourth-order valence-electron chi connectivity index (χ4n) is 2.14. The van der Waals surface area contributed by atoms with Gasteiger partial charge in [-0.25, -0.2) is 0 Å². The number of hydrogen-bond acceptors (Lipinski definition) is 2. The summed E-state index contributed by atoms with van der Waals surface area (Å²) in [5.74, 6) is 0.954. The van der Waals surface area contributed by atoms with E-state index in [0.717, 1.165) is 29.4 Å². The second-order valence-corrected chi connectivity index (χ2v) is 5.25. The molecule has 1 fully saturated rings. The molecule has 1 aromatic rings. The van der Waals surface area contributed by atoms with Crippen molar-refractivity contribution in [2.75, 3.05) is 19.7 Å². The molecule has 1 saturated heterocycles. The summed E-state index contributed by atoms with van der Waals surface area (Å²) in [6.45, 7) is 5.35. The Kier molecular flexibility index (Phi) is 4.24. The van der Waals surface area contributed by atoms with Crippen molar-refractivity contribution in [3.63, 3.8) is 0 Å². The van der Waals surface area contributed by atoms with Crippen molar-refractivity contribution < 1.29 is 4.74 Å². The zero-order valence-electron chi connectivity index (χ0n) is 9.66. The molecule has 1 aliphatic rings. The second kappa shape index (κ2) is 5.69. The minimum absolute atomic E-state index is 0.730. The van der Waals surface area contributed by atoms with Crippen LogP contribution in [0.15, 0.2) is 28.7 Å². The molecule has 0 saturated carbocycles. The molecule has 1 heterocycles. The van der Waals surface area contributed by atoms with Crippen LogP contribution in [0.25, 0.3) is 0 Å². The molecule has 0 N–H and O–H groups in total. The van der Waals surface area contributed by atoms with Crippen molar-refractivity contribution in [1.29, 1.82) is 0 Å². The first-order chi connectivity index (χ1) is 7.75. The number of hydrogen-bond donors (Lipinski definition) is 0. The molecule has 1 unspecified atom stereocenters. The summed E-state index contributed by atoms with van der Waals surface area (Å²) in [5, 5.41) is 0. The first-order valence-corrected chi connectivity index (χ1v) is 6.67. The van der Waals surface area contributed by atoms with Gasteiger partial charge in [0.05, 0.1) is 0 Å². The lowest BCUT2D eigenvalue weighted by Gasteiger charge is -2.20. The maximum absolute atomic E-state index is 5.71. The molecule has 0 spiro atoms. The number of likely N-dealkylation sites (tertiary alicyclic amines) is 1. The average Bonchev–Trinajstić information content (AvgIpc) is 2.68. The van der Waals surface area contributed by atoms with Crippen molar-refractivity contribution in [2.45, 2.75) is 25.8 Å². The van der Waals surface area contributed by atoms with Crippen LogP contribution in [0.1, 0.15) is 19.8 Å². The summed E-state index contributed by atoms with van der Waals surface area (Å²) in [5.41, 5.74) is 0. The average molecular weight is 284 g/mol. The van der Waals surface area contributed by atoms with E-state index in [1.165, 1.54) is 19.4 Å². The van der Waals surface area contributed by atoms with Gasteiger partial charge in [0.1, 0.15) is 12.4 Å². The quantitative estimate of drug-likeness (QED) is 0.841. The first-order valence-electron chi connectivity index (χ1n) is 5.88. The van der Waals surface area contributed by atoms with E-state index in [4.69, 9.17) is 4.74 Å². The maximum atomic E-state index is 5.71. The normalized spacial score (nSPS) is 21.2. The monoisotopic (exact) mass is 283 g/mol. The third kappa shape index (κ3) is 3.22. The predicted molar refractivity (Wildman–Crippen MR) is 69.9 cm³/mol. The van der Waals surface area contributed by atoms with E-state index < -0.39 is 0 Å². The van der Waals surface area contributed by atoms with Crippen molar-refractivity contribution in [2.24, 2.45) is 0 Å². The van der Waals surface area contributed by atoms with Crippen LogP contribution >= 0.6 is 15.9 Å². The smallest absolute Gasteiger partial charge is 0.119 e. The Morgan fingerprint density at radius 1 is 1.38 bits per heavy atom. The number of benzene rings is 1. The van der Waals surface area contributed by atoms with Gasteiger partial charge in [0, 0.05) is 17.1 Å². The summed E-state index contributed by atoms with van der Waals surface area (Å²) >= 11 is 3.41. The van der Waals surface area contributed by atoms with Crippen molar-refractivity contribution in [3.05, 3.63) is 28.7 Å². The van der Waals surface area contributed by atoms with Gasteiger partial charge in [0.15, 0.2) is 0 Å². The van der Waals surface area contributed by atoms with Crippen LogP contribution in [0.3, 0.4) is 0 Å². The summed E-state index contributed by atoms with van der Waals surface area (Å²) in [4.78, 5) is 2.50. The maximum Gasteiger partial charge on any atom is 0.119 e. The Labute approximate surface area is 106 Å². The second-order valence-electron chi connectivity index (χ2n) is 4.33. The minimum atomic E-state index is 0.730. The van der Waals surface area contributed by atoms with E-state index in [-0.39, 0.29) is 0 Å². The third-order valence-electron chi connectivity index (χ3n) is 3.15. The lowest BCUT2D eigenvalue weighted by Crippen LogP contribution is -2.31. The third-order valence-corrected chi connectivity index (χ3v) is 3.68. The van der Waals surface area contributed by atoms with Gasteiger partial charge in [0.2, 0.25) is 0 Å². The van der Waals surface area contributed by atoms with Crippen LogP contribution in [-0.2, 0) is 0 Å². The molecule has 2 nitrogen and oxygen atoms in total. The minimum Gasteiger partial charge on any atom is -0.492 e. The Morgan fingerprint density at radius 3 is 2.75 bits per heavy atom. The summed E-state index contributed by atoms with van der Waals surface area (Å²) in [6, 6.07) is 8.74. The Bertz CT molecular complexity index is 325. The zero-order valence-corrected chi connectivity index (χ0v) is 11.2. The number of rotatable bonds is 4. The molecule has 88 valence electrons. The first kappa shape index (κ1) is 11.9. The fraction of sp³-hybridized carbons (Fsp3) is 0.538. The van der Waals surface area contributed by atoms with Crippen LogP contribution in [-0.4, -0.2) is 30.6 Å². The lowest BCUT2D eigenvalue weighted by molar-refractivity contribution is 0.204. The fourth-order valence-corrected chi connectivity index (χ4v) is 2.40. The van der Waals surface area contributed by atoms with Crippen LogP contribution in [0, 0.1) is 0 Å². The van der Waals surface area contributed by atoms with E-state index in [1.807, 2.05) is 24.3 Å². The molecule has 1 atom stereocenters. The molecular formula is C13H18BrNO. The molecule has 0 aliphatic carbocycles. The van der Waals surface area contributed by atoms with E-state index >= 15 is 0 Å². The number of nitrogens with zero attached hydrogens (tertiary/aromatic N) is 1. The summed E-state index contributed by atoms with van der Waals surface area (Å²) in [7, 11) is 0. The lowest BCUT2D eigenvalue weighted by atomic mass is 10.2. The Morgan fingerprint density at radius 2 is 2.12 bits per heavy atom. The van der Waals surface area contributed by atoms with E-state index in [0.29, 0.717) is 0 Å². The van der Waals surface area contributed by atoms with Gasteiger partial charge < -0.3 is 4.74 Å². The van der Waals surface area contributed by atoms with Gasteiger partial charge in [-0.2, -0.15) is 0 Å². The van der Waals surface area contributed by atoms with Crippen molar-refractivity contribution in [1.82, 2.24) is 4.90 Å². The SMILES string of the molecule is CC1CCCN1CCOc1ccc(Br)cc1. The molecule has 1 aromatic carbocycles. The molecule has 3 heteroatoms. The van der Waals surface area contributed by atoms with Gasteiger partial charge in [-0.15, -0.1) is 0 Å². The molecule has 0 radical (unpaired) electrons. The van der Waals surface area contributed by atoms with E-state index in [9.17, 15) is 0 Å². The van der Waals surface area contributed by atoms with Crippen LogP contribution in [0.4, 0.5) is 0 Å². The molecule has 0 bridgehead atoms. The molecular weight excluding hydrogens is 266 g/mol. The molecule has 0 amide bonds. The highest BCUT2D eigenvalue weighted by molar-refractivity contribution is 9.10. The molecule has 1 aliphatic heterocycles. The van der Waals surface area contributed by atoms with Crippen molar-refractivity contribution >= 4 is 15.9 Å². The standard InChI is InChI=1S/C13H18BrNO/c1-11-3-2-8-15(11)9-10-16-13-6-4-12(14)5-7-13/h4-7,11H,2-3,8-10H2,1H3. The van der Waals surface area contributed by atoms with Crippen molar-refractivity contribution in [3.8, 4) is 5.75 Å². The van der Waals surface area contributed by atoms with Gasteiger partial charge in [-0.3, -0.25) is 4.90 Å². The van der Waals surface area contributed by atoms with Gasteiger partial charge in [-0.05, 0) is 50.6 Å². The van der Waals surface area contributed by atoms with E-state index in [1.54, 1.807) is 0 Å². The predicted octanol–water partition coefficient (Wildman–Crippen LogP) is 3.31. The largest absolute Gasteiger partial charge is 0.492 e. The highest BCUT2D eigenvalue weighted by Gasteiger charge is 2.19. The van der Waals surface area contributed by atoms with Gasteiger partial charge in [0.25, 0.3) is 0 Å².